The molecule has 1 rings (SSSR count). The van der Waals surface area contributed by atoms with Crippen molar-refractivity contribution in [1.82, 2.24) is 4.72 Å². The van der Waals surface area contributed by atoms with Crippen molar-refractivity contribution in [2.24, 2.45) is 5.92 Å². The van der Waals surface area contributed by atoms with Gasteiger partial charge in [0.15, 0.2) is 0 Å². The van der Waals surface area contributed by atoms with Crippen LogP contribution in [-0.4, -0.2) is 25.5 Å². The molecule has 0 saturated heterocycles. The van der Waals surface area contributed by atoms with Gasteiger partial charge in [-0.15, -0.1) is 11.3 Å². The van der Waals surface area contributed by atoms with Crippen LogP contribution in [0, 0.1) is 12.8 Å². The van der Waals surface area contributed by atoms with E-state index in [4.69, 9.17) is 5.11 Å². The first-order valence-corrected chi connectivity index (χ1v) is 8.35. The highest BCUT2D eigenvalue weighted by Gasteiger charge is 2.24. The summed E-state index contributed by atoms with van der Waals surface area (Å²) in [6.07, 6.45) is 0.869. The van der Waals surface area contributed by atoms with Crippen LogP contribution in [0.3, 0.4) is 0 Å². The van der Waals surface area contributed by atoms with Crippen molar-refractivity contribution in [1.29, 1.82) is 0 Å². The van der Waals surface area contributed by atoms with Crippen molar-refractivity contribution in [3.05, 3.63) is 16.5 Å². The number of thiophene rings is 1. The molecule has 0 spiro atoms. The lowest BCUT2D eigenvalue weighted by atomic mass is 10.0. The molecule has 5 nitrogen and oxygen atoms in total. The van der Waals surface area contributed by atoms with Crippen LogP contribution in [0.4, 0.5) is 0 Å². The average Bonchev–Trinajstić information content (AvgIpc) is 2.70. The van der Waals surface area contributed by atoms with Gasteiger partial charge in [-0.05, 0) is 31.4 Å². The molecular weight excluding hydrogens is 286 g/mol. The molecule has 2 atom stereocenters. The summed E-state index contributed by atoms with van der Waals surface area (Å²) in [7, 11) is -3.64. The van der Waals surface area contributed by atoms with Crippen molar-refractivity contribution in [3.63, 3.8) is 0 Å². The summed E-state index contributed by atoms with van der Waals surface area (Å²) in [5.74, 6) is -0.881. The van der Waals surface area contributed by atoms with E-state index in [0.717, 1.165) is 17.8 Å². The summed E-state index contributed by atoms with van der Waals surface area (Å²) in [5, 5.41) is 8.95. The van der Waals surface area contributed by atoms with Gasteiger partial charge in [-0.2, -0.15) is 0 Å². The minimum atomic E-state index is -3.64. The van der Waals surface area contributed by atoms with Gasteiger partial charge < -0.3 is 5.11 Å². The molecule has 0 bridgehead atoms. The molecule has 0 aromatic carbocycles. The summed E-state index contributed by atoms with van der Waals surface area (Å²) in [5.41, 5.74) is 0.467. The van der Waals surface area contributed by atoms with E-state index in [1.807, 2.05) is 20.8 Å². The Labute approximate surface area is 117 Å². The molecule has 108 valence electrons. The minimum absolute atomic E-state index is 0.0533. The third-order valence-electron chi connectivity index (χ3n) is 3.19. The zero-order chi connectivity index (χ0) is 14.8. The Bertz CT molecular complexity index is 562. The summed E-state index contributed by atoms with van der Waals surface area (Å²) < 4.78 is 27.0. The van der Waals surface area contributed by atoms with Crippen molar-refractivity contribution >= 4 is 27.3 Å². The highest BCUT2D eigenvalue weighted by Crippen LogP contribution is 2.26. The quantitative estimate of drug-likeness (QED) is 0.845. The molecule has 2 N–H and O–H groups in total. The normalized spacial score (nSPS) is 15.2. The molecule has 7 heteroatoms. The zero-order valence-corrected chi connectivity index (χ0v) is 13.1. The zero-order valence-electron chi connectivity index (χ0n) is 11.4. The number of carboxylic acids is 1. The van der Waals surface area contributed by atoms with Gasteiger partial charge in [0.25, 0.3) is 0 Å². The number of aromatic carboxylic acids is 1. The van der Waals surface area contributed by atoms with Crippen molar-refractivity contribution in [2.45, 2.75) is 44.4 Å². The number of hydrogen-bond donors (Lipinski definition) is 2. The lowest BCUT2D eigenvalue weighted by molar-refractivity contribution is 0.0701. The maximum Gasteiger partial charge on any atom is 0.346 e. The maximum atomic E-state index is 12.2. The fourth-order valence-corrected chi connectivity index (χ4v) is 4.32. The van der Waals surface area contributed by atoms with E-state index in [9.17, 15) is 13.2 Å². The molecule has 1 heterocycles. The van der Waals surface area contributed by atoms with E-state index in [-0.39, 0.29) is 21.0 Å². The number of carboxylic acid groups (broad SMARTS) is 1. The van der Waals surface area contributed by atoms with Crippen LogP contribution in [0.15, 0.2) is 10.3 Å². The molecule has 0 aliphatic carbocycles. The number of aryl methyl sites for hydroxylation is 1. The Morgan fingerprint density at radius 3 is 2.47 bits per heavy atom. The minimum Gasteiger partial charge on any atom is -0.477 e. The van der Waals surface area contributed by atoms with Gasteiger partial charge in [-0.3, -0.25) is 0 Å². The highest BCUT2D eigenvalue weighted by atomic mass is 32.2. The Morgan fingerprint density at radius 1 is 1.47 bits per heavy atom. The van der Waals surface area contributed by atoms with Crippen LogP contribution >= 0.6 is 11.3 Å². The fraction of sp³-hybridized carbons (Fsp3) is 0.583. The van der Waals surface area contributed by atoms with E-state index >= 15 is 0 Å². The van der Waals surface area contributed by atoms with Crippen molar-refractivity contribution in [2.75, 3.05) is 0 Å². The van der Waals surface area contributed by atoms with Gasteiger partial charge >= 0.3 is 5.97 Å². The Balaban J connectivity index is 3.01. The number of sulfonamides is 1. The van der Waals surface area contributed by atoms with Crippen LogP contribution in [0.25, 0.3) is 0 Å². The SMILES string of the molecule is CCC(C)C(C)NS(=O)(=O)c1cc(C)c(C(=O)O)s1. The van der Waals surface area contributed by atoms with Gasteiger partial charge in [-0.25, -0.2) is 17.9 Å². The van der Waals surface area contributed by atoms with Crippen LogP contribution < -0.4 is 4.72 Å². The highest BCUT2D eigenvalue weighted by molar-refractivity contribution is 7.91. The lowest BCUT2D eigenvalue weighted by Crippen LogP contribution is -2.36. The number of rotatable bonds is 6. The summed E-state index contributed by atoms with van der Waals surface area (Å²) >= 11 is 0.786. The van der Waals surface area contributed by atoms with Crippen LogP contribution in [-0.2, 0) is 10.0 Å². The molecule has 2 unspecified atom stereocenters. The van der Waals surface area contributed by atoms with E-state index in [0.29, 0.717) is 5.56 Å². The third-order valence-corrected chi connectivity index (χ3v) is 6.45. The molecule has 1 aromatic rings. The first-order chi connectivity index (χ1) is 8.69. The second-order valence-corrected chi connectivity index (χ2v) is 7.67. The van der Waals surface area contributed by atoms with Gasteiger partial charge in [0.05, 0.1) is 0 Å². The average molecular weight is 305 g/mol. The van der Waals surface area contributed by atoms with Gasteiger partial charge in [0, 0.05) is 6.04 Å². The summed E-state index contributed by atoms with van der Waals surface area (Å²) in [6, 6.07) is 1.21. The summed E-state index contributed by atoms with van der Waals surface area (Å²) in [4.78, 5) is 11.0. The van der Waals surface area contributed by atoms with E-state index in [2.05, 4.69) is 4.72 Å². The standard InChI is InChI=1S/C12H19NO4S2/c1-5-7(2)9(4)13-19(16,17)10-6-8(3)11(18-10)12(14)15/h6-7,9,13H,5H2,1-4H3,(H,14,15). The number of carbonyl (C=O) groups is 1. The predicted octanol–water partition coefficient (Wildman–Crippen LogP) is 2.47. The van der Waals surface area contributed by atoms with Gasteiger partial charge in [-0.1, -0.05) is 20.3 Å². The van der Waals surface area contributed by atoms with Gasteiger partial charge in [0.2, 0.25) is 10.0 Å². The second-order valence-electron chi connectivity index (χ2n) is 4.68. The summed E-state index contributed by atoms with van der Waals surface area (Å²) in [6.45, 7) is 7.37. The van der Waals surface area contributed by atoms with E-state index < -0.39 is 16.0 Å². The Kier molecular flexibility index (Phi) is 5.11. The molecule has 0 amide bonds. The monoisotopic (exact) mass is 305 g/mol. The predicted molar refractivity (Wildman–Crippen MR) is 75.3 cm³/mol. The fourth-order valence-electron chi connectivity index (χ4n) is 1.57. The first-order valence-electron chi connectivity index (χ1n) is 6.05. The molecule has 0 radical (unpaired) electrons. The first kappa shape index (κ1) is 16.1. The van der Waals surface area contributed by atoms with Crippen molar-refractivity contribution < 1.29 is 18.3 Å². The number of hydrogen-bond acceptors (Lipinski definition) is 4. The maximum absolute atomic E-state index is 12.2. The molecule has 0 saturated carbocycles. The molecule has 1 aromatic heterocycles. The lowest BCUT2D eigenvalue weighted by Gasteiger charge is -2.19. The smallest absolute Gasteiger partial charge is 0.346 e. The van der Waals surface area contributed by atoms with Gasteiger partial charge in [0.1, 0.15) is 9.09 Å². The molecule has 0 aliphatic heterocycles. The molecule has 19 heavy (non-hydrogen) atoms. The van der Waals surface area contributed by atoms with Crippen molar-refractivity contribution in [3.8, 4) is 0 Å². The number of nitrogens with one attached hydrogen (secondary N) is 1. The molecule has 0 fully saturated rings. The Hall–Kier alpha value is -0.920. The largest absolute Gasteiger partial charge is 0.477 e. The second kappa shape index (κ2) is 6.02. The van der Waals surface area contributed by atoms with Crippen LogP contribution in [0.5, 0.6) is 0 Å². The third kappa shape index (κ3) is 3.77. The van der Waals surface area contributed by atoms with Crippen LogP contribution in [0.2, 0.25) is 0 Å². The topological polar surface area (TPSA) is 83.5 Å². The van der Waals surface area contributed by atoms with E-state index in [1.165, 1.54) is 6.07 Å². The molecular formula is C12H19NO4S2. The van der Waals surface area contributed by atoms with Crippen LogP contribution in [0.1, 0.15) is 42.4 Å². The Morgan fingerprint density at radius 2 is 2.05 bits per heavy atom. The van der Waals surface area contributed by atoms with E-state index in [1.54, 1.807) is 6.92 Å². The molecule has 0 aliphatic rings.